The fourth-order valence-electron chi connectivity index (χ4n) is 3.28. The van der Waals surface area contributed by atoms with E-state index in [1.165, 1.54) is 0 Å². The molecule has 1 atom stereocenters. The molecule has 2 aromatic rings. The minimum Gasteiger partial charge on any atom is -0.497 e. The van der Waals surface area contributed by atoms with E-state index in [9.17, 15) is 4.79 Å². The summed E-state index contributed by atoms with van der Waals surface area (Å²) in [6.45, 7) is 3.37. The van der Waals surface area contributed by atoms with Gasteiger partial charge in [0.25, 0.3) is 5.91 Å². The summed E-state index contributed by atoms with van der Waals surface area (Å²) in [5.74, 6) is 1.96. The maximum atomic E-state index is 12.5. The highest BCUT2D eigenvalue weighted by Gasteiger charge is 2.24. The molecule has 3 rings (SSSR count). The van der Waals surface area contributed by atoms with Gasteiger partial charge in [0.15, 0.2) is 6.10 Å². The third-order valence-electron chi connectivity index (χ3n) is 4.67. The Morgan fingerprint density at radius 2 is 1.78 bits per heavy atom. The van der Waals surface area contributed by atoms with Gasteiger partial charge in [-0.1, -0.05) is 11.6 Å². The van der Waals surface area contributed by atoms with Crippen LogP contribution in [0.5, 0.6) is 17.2 Å². The third-order valence-corrected chi connectivity index (χ3v) is 4.89. The molecule has 0 bridgehead atoms. The molecule has 0 radical (unpaired) electrons. The zero-order valence-corrected chi connectivity index (χ0v) is 16.6. The molecule has 5 nitrogen and oxygen atoms in total. The van der Waals surface area contributed by atoms with Crippen molar-refractivity contribution in [3.63, 3.8) is 0 Å². The highest BCUT2D eigenvalue weighted by molar-refractivity contribution is 6.31. The van der Waals surface area contributed by atoms with E-state index in [-0.39, 0.29) is 5.91 Å². The van der Waals surface area contributed by atoms with Crippen molar-refractivity contribution >= 4 is 17.5 Å². The van der Waals surface area contributed by atoms with E-state index >= 15 is 0 Å². The summed E-state index contributed by atoms with van der Waals surface area (Å²) in [7, 11) is 3.23. The first-order chi connectivity index (χ1) is 13.0. The molecule has 6 heteroatoms. The van der Waals surface area contributed by atoms with Crippen LogP contribution >= 0.6 is 11.6 Å². The van der Waals surface area contributed by atoms with Crippen LogP contribution in [0, 0.1) is 0 Å². The number of benzene rings is 2. The molecule has 0 saturated carbocycles. The molecule has 1 aliphatic heterocycles. The van der Waals surface area contributed by atoms with Gasteiger partial charge >= 0.3 is 0 Å². The molecule has 27 heavy (non-hydrogen) atoms. The van der Waals surface area contributed by atoms with Crippen molar-refractivity contribution in [3.05, 3.63) is 41.4 Å². The number of hydrogen-bond acceptors (Lipinski definition) is 4. The van der Waals surface area contributed by atoms with Crippen molar-refractivity contribution in [2.24, 2.45) is 0 Å². The van der Waals surface area contributed by atoms with E-state index < -0.39 is 6.10 Å². The zero-order chi connectivity index (χ0) is 19.4. The van der Waals surface area contributed by atoms with Gasteiger partial charge in [-0.05, 0) is 61.7 Å². The second kappa shape index (κ2) is 8.53. The van der Waals surface area contributed by atoms with Crippen molar-refractivity contribution < 1.29 is 19.0 Å². The zero-order valence-electron chi connectivity index (χ0n) is 15.8. The molecular weight excluding hydrogens is 366 g/mol. The average Bonchev–Trinajstić information content (AvgIpc) is 3.21. The number of carbonyl (C=O) groups excluding carboxylic acids is 1. The third kappa shape index (κ3) is 4.48. The quantitative estimate of drug-likeness (QED) is 0.734. The second-order valence-corrected chi connectivity index (χ2v) is 6.97. The fourth-order valence-corrected chi connectivity index (χ4v) is 3.50. The number of amides is 1. The SMILES string of the molecule is COc1ccc(OC)c(-c2cc(Cl)cc(OC(C)C(=O)N3CCCC3)c2)c1. The highest BCUT2D eigenvalue weighted by atomic mass is 35.5. The smallest absolute Gasteiger partial charge is 0.263 e. The molecule has 144 valence electrons. The molecule has 0 aliphatic carbocycles. The van der Waals surface area contributed by atoms with Gasteiger partial charge in [-0.25, -0.2) is 0 Å². The minimum atomic E-state index is -0.568. The predicted octanol–water partition coefficient (Wildman–Crippen LogP) is 4.41. The van der Waals surface area contributed by atoms with Gasteiger partial charge < -0.3 is 19.1 Å². The van der Waals surface area contributed by atoms with Crippen LogP contribution in [0.15, 0.2) is 36.4 Å². The molecule has 1 unspecified atom stereocenters. The van der Waals surface area contributed by atoms with Crippen molar-refractivity contribution in [2.45, 2.75) is 25.9 Å². The monoisotopic (exact) mass is 389 g/mol. The standard InChI is InChI=1S/C21H24ClNO4/c1-14(21(24)23-8-4-5-9-23)27-18-11-15(10-16(22)12-18)19-13-17(25-2)6-7-20(19)26-3/h6-7,10-14H,4-5,8-9H2,1-3H3. The summed E-state index contributed by atoms with van der Waals surface area (Å²) in [6.07, 6.45) is 1.53. The van der Waals surface area contributed by atoms with Crippen LogP contribution in [0.1, 0.15) is 19.8 Å². The summed E-state index contributed by atoms with van der Waals surface area (Å²) in [5, 5.41) is 0.521. The van der Waals surface area contributed by atoms with Crippen molar-refractivity contribution in [2.75, 3.05) is 27.3 Å². The van der Waals surface area contributed by atoms with Gasteiger partial charge in [-0.15, -0.1) is 0 Å². The molecule has 0 N–H and O–H groups in total. The topological polar surface area (TPSA) is 48.0 Å². The summed E-state index contributed by atoms with van der Waals surface area (Å²) in [4.78, 5) is 14.4. The Morgan fingerprint density at radius 3 is 2.44 bits per heavy atom. The van der Waals surface area contributed by atoms with Crippen LogP contribution < -0.4 is 14.2 Å². The molecule has 1 fully saturated rings. The fraction of sp³-hybridized carbons (Fsp3) is 0.381. The van der Waals surface area contributed by atoms with Gasteiger partial charge in [0.05, 0.1) is 14.2 Å². The first-order valence-electron chi connectivity index (χ1n) is 9.00. The Balaban J connectivity index is 1.87. The van der Waals surface area contributed by atoms with Gasteiger partial charge in [0.1, 0.15) is 17.2 Å². The lowest BCUT2D eigenvalue weighted by molar-refractivity contribution is -0.136. The molecule has 0 spiro atoms. The molecule has 2 aromatic carbocycles. The number of methoxy groups -OCH3 is 2. The lowest BCUT2D eigenvalue weighted by atomic mass is 10.0. The molecule has 1 amide bonds. The Hall–Kier alpha value is -2.40. The Kier molecular flexibility index (Phi) is 6.11. The van der Waals surface area contributed by atoms with E-state index in [1.54, 1.807) is 27.2 Å². The maximum absolute atomic E-state index is 12.5. The second-order valence-electron chi connectivity index (χ2n) is 6.53. The van der Waals surface area contributed by atoms with Crippen molar-refractivity contribution in [3.8, 4) is 28.4 Å². The lowest BCUT2D eigenvalue weighted by Gasteiger charge is -2.21. The minimum absolute atomic E-state index is 0.00739. The molecule has 1 aliphatic rings. The molecule has 1 saturated heterocycles. The first-order valence-corrected chi connectivity index (χ1v) is 9.38. The van der Waals surface area contributed by atoms with Gasteiger partial charge in [0, 0.05) is 23.7 Å². The van der Waals surface area contributed by atoms with E-state index in [2.05, 4.69) is 0 Å². The number of carbonyl (C=O) groups is 1. The van der Waals surface area contributed by atoms with E-state index in [0.717, 1.165) is 37.1 Å². The molecular formula is C21H24ClNO4. The Morgan fingerprint density at radius 1 is 1.04 bits per heavy atom. The predicted molar refractivity (Wildman–Crippen MR) is 106 cm³/mol. The van der Waals surface area contributed by atoms with Gasteiger partial charge in [-0.3, -0.25) is 4.79 Å². The van der Waals surface area contributed by atoms with Crippen molar-refractivity contribution in [1.82, 2.24) is 4.90 Å². The van der Waals surface area contributed by atoms with Crippen LogP contribution in [-0.4, -0.2) is 44.2 Å². The Bertz CT molecular complexity index is 818. The van der Waals surface area contributed by atoms with E-state index in [4.69, 9.17) is 25.8 Å². The van der Waals surface area contributed by atoms with Crippen LogP contribution in [0.2, 0.25) is 5.02 Å². The summed E-state index contributed by atoms with van der Waals surface area (Å²) >= 11 is 6.31. The average molecular weight is 390 g/mol. The normalized spacial score (nSPS) is 14.7. The number of nitrogens with zero attached hydrogens (tertiary/aromatic N) is 1. The van der Waals surface area contributed by atoms with Gasteiger partial charge in [-0.2, -0.15) is 0 Å². The van der Waals surface area contributed by atoms with Crippen LogP contribution in [0.25, 0.3) is 11.1 Å². The molecule has 0 aromatic heterocycles. The van der Waals surface area contributed by atoms with Crippen LogP contribution in [0.4, 0.5) is 0 Å². The number of likely N-dealkylation sites (tertiary alicyclic amines) is 1. The van der Waals surface area contributed by atoms with Crippen LogP contribution in [-0.2, 0) is 4.79 Å². The first kappa shape index (κ1) is 19.4. The number of halogens is 1. The molecule has 1 heterocycles. The number of ether oxygens (including phenoxy) is 3. The number of hydrogen-bond donors (Lipinski definition) is 0. The van der Waals surface area contributed by atoms with Crippen molar-refractivity contribution in [1.29, 1.82) is 0 Å². The summed E-state index contributed by atoms with van der Waals surface area (Å²) in [6, 6.07) is 11.0. The lowest BCUT2D eigenvalue weighted by Crippen LogP contribution is -2.38. The van der Waals surface area contributed by atoms with E-state index in [0.29, 0.717) is 22.3 Å². The maximum Gasteiger partial charge on any atom is 0.263 e. The van der Waals surface area contributed by atoms with E-state index in [1.807, 2.05) is 35.2 Å². The van der Waals surface area contributed by atoms with Crippen LogP contribution in [0.3, 0.4) is 0 Å². The largest absolute Gasteiger partial charge is 0.497 e. The highest BCUT2D eigenvalue weighted by Crippen LogP contribution is 2.37. The summed E-state index contributed by atoms with van der Waals surface area (Å²) in [5.41, 5.74) is 1.66. The number of rotatable bonds is 6. The van der Waals surface area contributed by atoms with Gasteiger partial charge in [0.2, 0.25) is 0 Å². The Labute approximate surface area is 164 Å². The summed E-state index contributed by atoms with van der Waals surface area (Å²) < 4.78 is 16.7.